The molecule has 2 aliphatic heterocycles. The number of nitrogens with one attached hydrogen (secondary N) is 1. The van der Waals surface area contributed by atoms with Crippen molar-refractivity contribution in [2.75, 3.05) is 32.1 Å². The van der Waals surface area contributed by atoms with Crippen molar-refractivity contribution in [3.05, 3.63) is 48.5 Å². The van der Waals surface area contributed by atoms with Crippen molar-refractivity contribution in [2.24, 2.45) is 0 Å². The summed E-state index contributed by atoms with van der Waals surface area (Å²) in [6, 6.07) is 13.9. The fourth-order valence-electron chi connectivity index (χ4n) is 3.48. The molecule has 2 heterocycles. The summed E-state index contributed by atoms with van der Waals surface area (Å²) in [5.41, 5.74) is 0. The lowest BCUT2D eigenvalue weighted by atomic mass is 10.1. The first-order chi connectivity index (χ1) is 14.5. The van der Waals surface area contributed by atoms with E-state index in [1.54, 1.807) is 35.2 Å². The van der Waals surface area contributed by atoms with Crippen LogP contribution in [0.1, 0.15) is 12.8 Å². The third-order valence-corrected chi connectivity index (χ3v) is 7.61. The number of nitrogens with zero attached hydrogens (tertiary/aromatic N) is 1. The highest BCUT2D eigenvalue weighted by atomic mass is 32.2. The highest BCUT2D eigenvalue weighted by Gasteiger charge is 2.26. The van der Waals surface area contributed by atoms with E-state index in [2.05, 4.69) is 4.72 Å². The molecule has 2 aromatic rings. The van der Waals surface area contributed by atoms with Gasteiger partial charge in [-0.2, -0.15) is 0 Å². The summed E-state index contributed by atoms with van der Waals surface area (Å²) in [4.78, 5) is 15.6. The van der Waals surface area contributed by atoms with E-state index in [9.17, 15) is 13.2 Å². The van der Waals surface area contributed by atoms with Crippen molar-refractivity contribution in [1.29, 1.82) is 0 Å². The number of carbonyl (C=O) groups is 1. The zero-order valence-corrected chi connectivity index (χ0v) is 18.1. The molecule has 4 rings (SSSR count). The third kappa shape index (κ3) is 5.08. The molecule has 1 saturated heterocycles. The van der Waals surface area contributed by atoms with Gasteiger partial charge in [-0.15, -0.1) is 11.8 Å². The second-order valence-corrected chi connectivity index (χ2v) is 9.95. The lowest BCUT2D eigenvalue weighted by molar-refractivity contribution is -0.129. The van der Waals surface area contributed by atoms with Crippen molar-refractivity contribution in [1.82, 2.24) is 9.62 Å². The Morgan fingerprint density at radius 2 is 1.73 bits per heavy atom. The minimum atomic E-state index is -3.53. The summed E-state index contributed by atoms with van der Waals surface area (Å²) in [5, 5.41) is 0. The Labute approximate surface area is 180 Å². The molecule has 0 aliphatic carbocycles. The molecule has 160 valence electrons. The zero-order chi connectivity index (χ0) is 21.0. The van der Waals surface area contributed by atoms with Crippen LogP contribution >= 0.6 is 11.8 Å². The minimum absolute atomic E-state index is 0.0549. The van der Waals surface area contributed by atoms with Crippen LogP contribution in [0.4, 0.5) is 0 Å². The van der Waals surface area contributed by atoms with Crippen molar-refractivity contribution in [3.8, 4) is 11.5 Å². The summed E-state index contributed by atoms with van der Waals surface area (Å²) in [7, 11) is -3.53. The number of rotatable bonds is 6. The van der Waals surface area contributed by atoms with E-state index in [1.165, 1.54) is 11.8 Å². The lowest BCUT2D eigenvalue weighted by Gasteiger charge is -2.32. The average molecular weight is 449 g/mol. The number of likely N-dealkylation sites (tertiary alicyclic amines) is 1. The summed E-state index contributed by atoms with van der Waals surface area (Å²) in [6.07, 6.45) is 1.21. The molecular weight excluding hydrogens is 424 g/mol. The lowest BCUT2D eigenvalue weighted by Crippen LogP contribution is -2.46. The molecule has 0 aromatic heterocycles. The highest BCUT2D eigenvalue weighted by molar-refractivity contribution is 8.00. The Morgan fingerprint density at radius 3 is 2.47 bits per heavy atom. The first-order valence-corrected chi connectivity index (χ1v) is 12.4. The quantitative estimate of drug-likeness (QED) is 0.684. The second-order valence-electron chi connectivity index (χ2n) is 7.18. The molecule has 0 atom stereocenters. The molecule has 2 aliphatic rings. The van der Waals surface area contributed by atoms with Gasteiger partial charge in [-0.3, -0.25) is 4.79 Å². The Bertz CT molecular complexity index is 990. The SMILES string of the molecule is O=C(CSc1ccc2c(c1)OCCO2)N1CCC(NS(=O)(=O)c2ccccc2)CC1. The predicted molar refractivity (Wildman–Crippen MR) is 115 cm³/mol. The maximum Gasteiger partial charge on any atom is 0.240 e. The molecule has 30 heavy (non-hydrogen) atoms. The summed E-state index contributed by atoms with van der Waals surface area (Å²) < 4.78 is 38.8. The van der Waals surface area contributed by atoms with E-state index in [-0.39, 0.29) is 16.8 Å². The van der Waals surface area contributed by atoms with Crippen LogP contribution < -0.4 is 14.2 Å². The van der Waals surface area contributed by atoms with Gasteiger partial charge in [0.2, 0.25) is 15.9 Å². The molecule has 2 aromatic carbocycles. The average Bonchev–Trinajstić information content (AvgIpc) is 2.78. The van der Waals surface area contributed by atoms with Crippen LogP contribution in [0.15, 0.2) is 58.3 Å². The van der Waals surface area contributed by atoms with E-state index in [0.717, 1.165) is 10.6 Å². The first-order valence-electron chi connectivity index (χ1n) is 9.89. The standard InChI is InChI=1S/C21H24N2O5S2/c24-21(15-29-17-6-7-19-20(14-17)28-13-12-27-19)23-10-8-16(9-11-23)22-30(25,26)18-4-2-1-3-5-18/h1-7,14,16,22H,8-13,15H2. The van der Waals surface area contributed by atoms with Gasteiger partial charge in [0.05, 0.1) is 10.6 Å². The second kappa shape index (κ2) is 9.28. The van der Waals surface area contributed by atoms with E-state index < -0.39 is 10.0 Å². The molecule has 0 bridgehead atoms. The molecule has 0 saturated carbocycles. The number of benzene rings is 2. The first kappa shape index (κ1) is 21.0. The molecule has 0 radical (unpaired) electrons. The molecule has 1 fully saturated rings. The van der Waals surface area contributed by atoms with Crippen LogP contribution in [0, 0.1) is 0 Å². The van der Waals surface area contributed by atoms with Crippen LogP contribution in [0.2, 0.25) is 0 Å². The van der Waals surface area contributed by atoms with Gasteiger partial charge < -0.3 is 14.4 Å². The van der Waals surface area contributed by atoms with E-state index in [4.69, 9.17) is 9.47 Å². The number of fused-ring (bicyclic) bond motifs is 1. The number of hydrogen-bond donors (Lipinski definition) is 1. The number of hydrogen-bond acceptors (Lipinski definition) is 6. The van der Waals surface area contributed by atoms with Crippen LogP contribution in [0.25, 0.3) is 0 Å². The third-order valence-electron chi connectivity index (χ3n) is 5.10. The molecule has 1 N–H and O–H groups in total. The fourth-order valence-corrected chi connectivity index (χ4v) is 5.64. The van der Waals surface area contributed by atoms with Crippen LogP contribution in [-0.4, -0.2) is 57.3 Å². The summed E-state index contributed by atoms with van der Waals surface area (Å²) in [6.45, 7) is 2.17. The Kier molecular flexibility index (Phi) is 6.50. The van der Waals surface area contributed by atoms with Gasteiger partial charge in [0.15, 0.2) is 11.5 Å². The minimum Gasteiger partial charge on any atom is -0.486 e. The number of thioether (sulfide) groups is 1. The van der Waals surface area contributed by atoms with Crippen molar-refractivity contribution in [3.63, 3.8) is 0 Å². The van der Waals surface area contributed by atoms with Crippen molar-refractivity contribution >= 4 is 27.7 Å². The normalized spacial score (nSPS) is 17.0. The van der Waals surface area contributed by atoms with Gasteiger partial charge in [0, 0.05) is 24.0 Å². The van der Waals surface area contributed by atoms with Gasteiger partial charge in [0.1, 0.15) is 13.2 Å². The van der Waals surface area contributed by atoms with Gasteiger partial charge in [-0.05, 0) is 43.2 Å². The van der Waals surface area contributed by atoms with Gasteiger partial charge >= 0.3 is 0 Å². The van der Waals surface area contributed by atoms with E-state index in [0.29, 0.717) is 50.6 Å². The Hall–Kier alpha value is -2.23. The molecule has 0 unspecified atom stereocenters. The maximum atomic E-state index is 12.6. The molecule has 7 nitrogen and oxygen atoms in total. The van der Waals surface area contributed by atoms with Crippen LogP contribution in [0.5, 0.6) is 11.5 Å². The number of piperidine rings is 1. The van der Waals surface area contributed by atoms with Crippen molar-refractivity contribution in [2.45, 2.75) is 28.7 Å². The number of sulfonamides is 1. The molecular formula is C21H24N2O5S2. The van der Waals surface area contributed by atoms with Crippen molar-refractivity contribution < 1.29 is 22.7 Å². The maximum absolute atomic E-state index is 12.6. The Balaban J connectivity index is 1.25. The molecule has 1 amide bonds. The van der Waals surface area contributed by atoms with Gasteiger partial charge in [-0.1, -0.05) is 18.2 Å². The Morgan fingerprint density at radius 1 is 1.03 bits per heavy atom. The van der Waals surface area contributed by atoms with Crippen LogP contribution in [0.3, 0.4) is 0 Å². The number of ether oxygens (including phenoxy) is 2. The van der Waals surface area contributed by atoms with E-state index >= 15 is 0 Å². The largest absolute Gasteiger partial charge is 0.486 e. The van der Waals surface area contributed by atoms with Gasteiger partial charge in [-0.25, -0.2) is 13.1 Å². The summed E-state index contributed by atoms with van der Waals surface area (Å²) in [5.74, 6) is 1.83. The fraction of sp³-hybridized carbons (Fsp3) is 0.381. The number of amides is 1. The van der Waals surface area contributed by atoms with Gasteiger partial charge in [0.25, 0.3) is 0 Å². The summed E-state index contributed by atoms with van der Waals surface area (Å²) >= 11 is 1.46. The zero-order valence-electron chi connectivity index (χ0n) is 16.5. The molecule has 0 spiro atoms. The smallest absolute Gasteiger partial charge is 0.240 e. The predicted octanol–water partition coefficient (Wildman–Crippen LogP) is 2.52. The monoisotopic (exact) mass is 448 g/mol. The number of carbonyl (C=O) groups excluding carboxylic acids is 1. The topological polar surface area (TPSA) is 84.9 Å². The van der Waals surface area contributed by atoms with E-state index in [1.807, 2.05) is 18.2 Å². The molecule has 9 heteroatoms. The van der Waals surface area contributed by atoms with Crippen LogP contribution in [-0.2, 0) is 14.8 Å². The highest BCUT2D eigenvalue weighted by Crippen LogP contribution is 2.34.